The Morgan fingerprint density at radius 3 is 2.90 bits per heavy atom. The molecule has 1 unspecified atom stereocenters. The number of ether oxygens (including phenoxy) is 2. The van der Waals surface area contributed by atoms with E-state index in [4.69, 9.17) is 9.47 Å². The molecule has 1 saturated heterocycles. The van der Waals surface area contributed by atoms with Crippen LogP contribution in [0.4, 0.5) is 0 Å². The van der Waals surface area contributed by atoms with Crippen molar-refractivity contribution in [1.82, 2.24) is 4.57 Å². The molecule has 0 radical (unpaired) electrons. The standard InChI is InChI=1S/C16H19NO3/c1-16(8-5-9-20-16)15(18)11-10-17(2)12-6-4-7-13(19-3)14(11)12/h4,6-7,10H,5,8-9H2,1-3H3. The van der Waals surface area contributed by atoms with Crippen molar-refractivity contribution in [3.8, 4) is 5.75 Å². The Labute approximate surface area is 118 Å². The molecular weight excluding hydrogens is 254 g/mol. The van der Waals surface area contributed by atoms with Gasteiger partial charge in [-0.1, -0.05) is 6.07 Å². The molecule has 20 heavy (non-hydrogen) atoms. The summed E-state index contributed by atoms with van der Waals surface area (Å²) >= 11 is 0. The van der Waals surface area contributed by atoms with Crippen LogP contribution in [0, 0.1) is 0 Å². The zero-order valence-corrected chi connectivity index (χ0v) is 12.1. The van der Waals surface area contributed by atoms with Gasteiger partial charge in [-0.05, 0) is 31.9 Å². The Morgan fingerprint density at radius 2 is 2.25 bits per heavy atom. The van der Waals surface area contributed by atoms with Gasteiger partial charge in [0.05, 0.1) is 18.0 Å². The first-order chi connectivity index (χ1) is 9.57. The van der Waals surface area contributed by atoms with Crippen LogP contribution in [-0.4, -0.2) is 29.7 Å². The SMILES string of the molecule is COc1cccc2c1c(C(=O)C1(C)CCCO1)cn2C. The second kappa shape index (κ2) is 4.63. The molecular formula is C16H19NO3. The molecule has 1 aliphatic rings. The third-order valence-electron chi connectivity index (χ3n) is 4.14. The van der Waals surface area contributed by atoms with E-state index in [1.54, 1.807) is 7.11 Å². The van der Waals surface area contributed by atoms with Crippen LogP contribution in [0.1, 0.15) is 30.1 Å². The van der Waals surface area contributed by atoms with E-state index >= 15 is 0 Å². The number of rotatable bonds is 3. The molecule has 0 N–H and O–H groups in total. The Bertz CT molecular complexity index is 666. The van der Waals surface area contributed by atoms with Crippen molar-refractivity contribution < 1.29 is 14.3 Å². The summed E-state index contributed by atoms with van der Waals surface area (Å²) in [6.07, 6.45) is 3.59. The van der Waals surface area contributed by atoms with Crippen molar-refractivity contribution in [1.29, 1.82) is 0 Å². The number of hydrogen-bond acceptors (Lipinski definition) is 3. The Morgan fingerprint density at radius 1 is 1.45 bits per heavy atom. The first-order valence-electron chi connectivity index (χ1n) is 6.87. The molecule has 0 bridgehead atoms. The van der Waals surface area contributed by atoms with Gasteiger partial charge in [0.2, 0.25) is 0 Å². The number of aromatic nitrogens is 1. The maximum Gasteiger partial charge on any atom is 0.196 e. The van der Waals surface area contributed by atoms with E-state index in [-0.39, 0.29) is 5.78 Å². The van der Waals surface area contributed by atoms with Crippen LogP contribution in [0.25, 0.3) is 10.9 Å². The van der Waals surface area contributed by atoms with Crippen LogP contribution in [0.3, 0.4) is 0 Å². The van der Waals surface area contributed by atoms with Crippen molar-refractivity contribution in [2.24, 2.45) is 7.05 Å². The Balaban J connectivity index is 2.19. The lowest BCUT2D eigenvalue weighted by atomic mass is 9.91. The maximum atomic E-state index is 12.9. The average Bonchev–Trinajstić information content (AvgIpc) is 3.04. The summed E-state index contributed by atoms with van der Waals surface area (Å²) in [6.45, 7) is 2.54. The largest absolute Gasteiger partial charge is 0.496 e. The third-order valence-corrected chi connectivity index (χ3v) is 4.14. The van der Waals surface area contributed by atoms with Crippen molar-refractivity contribution in [3.05, 3.63) is 30.0 Å². The zero-order valence-electron chi connectivity index (χ0n) is 12.1. The number of carbonyl (C=O) groups excluding carboxylic acids is 1. The van der Waals surface area contributed by atoms with E-state index in [0.717, 1.165) is 29.5 Å². The molecule has 0 aliphatic carbocycles. The van der Waals surface area contributed by atoms with E-state index in [1.165, 1.54) is 0 Å². The highest BCUT2D eigenvalue weighted by Gasteiger charge is 2.39. The molecule has 3 rings (SSSR count). The summed E-state index contributed by atoms with van der Waals surface area (Å²) in [7, 11) is 3.57. The van der Waals surface area contributed by atoms with E-state index in [0.29, 0.717) is 12.2 Å². The number of ketones is 1. The molecule has 4 nitrogen and oxygen atoms in total. The topological polar surface area (TPSA) is 40.5 Å². The van der Waals surface area contributed by atoms with Crippen LogP contribution >= 0.6 is 0 Å². The van der Waals surface area contributed by atoms with Gasteiger partial charge < -0.3 is 14.0 Å². The van der Waals surface area contributed by atoms with Gasteiger partial charge in [0, 0.05) is 25.4 Å². The molecule has 1 aliphatic heterocycles. The van der Waals surface area contributed by atoms with Crippen LogP contribution in [-0.2, 0) is 11.8 Å². The second-order valence-corrected chi connectivity index (χ2v) is 5.52. The van der Waals surface area contributed by atoms with Crippen LogP contribution in [0.2, 0.25) is 0 Å². The summed E-state index contributed by atoms with van der Waals surface area (Å²) in [6, 6.07) is 5.81. The number of fused-ring (bicyclic) bond motifs is 1. The van der Waals surface area contributed by atoms with Crippen molar-refractivity contribution in [2.75, 3.05) is 13.7 Å². The molecule has 1 aromatic carbocycles. The fourth-order valence-electron chi connectivity index (χ4n) is 3.00. The minimum atomic E-state index is -0.699. The molecule has 2 aromatic rings. The molecule has 0 amide bonds. The van der Waals surface area contributed by atoms with Gasteiger partial charge in [0.15, 0.2) is 5.78 Å². The lowest BCUT2D eigenvalue weighted by Crippen LogP contribution is -2.34. The molecule has 1 atom stereocenters. The van der Waals surface area contributed by atoms with Crippen LogP contribution < -0.4 is 4.74 Å². The molecule has 0 spiro atoms. The minimum absolute atomic E-state index is 0.0464. The number of nitrogens with zero attached hydrogens (tertiary/aromatic N) is 1. The molecule has 1 aromatic heterocycles. The minimum Gasteiger partial charge on any atom is -0.496 e. The van der Waals surface area contributed by atoms with E-state index < -0.39 is 5.60 Å². The van der Waals surface area contributed by atoms with E-state index in [9.17, 15) is 4.79 Å². The number of Topliss-reactive ketones (excluding diaryl/α,β-unsaturated/α-hetero) is 1. The summed E-state index contributed by atoms with van der Waals surface area (Å²) in [5.41, 5.74) is 0.980. The first kappa shape index (κ1) is 13.2. The number of aryl methyl sites for hydroxylation is 1. The van der Waals surface area contributed by atoms with Gasteiger partial charge in [-0.2, -0.15) is 0 Å². The Hall–Kier alpha value is -1.81. The van der Waals surface area contributed by atoms with Gasteiger partial charge in [-0.3, -0.25) is 4.79 Å². The van der Waals surface area contributed by atoms with Crippen molar-refractivity contribution >= 4 is 16.7 Å². The highest BCUT2D eigenvalue weighted by molar-refractivity contribution is 6.13. The lowest BCUT2D eigenvalue weighted by Gasteiger charge is -2.21. The highest BCUT2D eigenvalue weighted by atomic mass is 16.5. The molecule has 2 heterocycles. The third kappa shape index (κ3) is 1.83. The predicted octanol–water partition coefficient (Wildman–Crippen LogP) is 2.94. The number of hydrogen-bond donors (Lipinski definition) is 0. The number of methoxy groups -OCH3 is 1. The maximum absolute atomic E-state index is 12.9. The van der Waals surface area contributed by atoms with Crippen molar-refractivity contribution in [2.45, 2.75) is 25.4 Å². The number of carbonyl (C=O) groups is 1. The number of benzene rings is 1. The second-order valence-electron chi connectivity index (χ2n) is 5.52. The Kier molecular flexibility index (Phi) is 3.05. The van der Waals surface area contributed by atoms with E-state index in [2.05, 4.69) is 0 Å². The normalized spacial score (nSPS) is 22.4. The molecule has 4 heteroatoms. The van der Waals surface area contributed by atoms with E-state index in [1.807, 2.05) is 42.9 Å². The predicted molar refractivity (Wildman–Crippen MR) is 77.4 cm³/mol. The quantitative estimate of drug-likeness (QED) is 0.807. The average molecular weight is 273 g/mol. The van der Waals surface area contributed by atoms with Gasteiger partial charge >= 0.3 is 0 Å². The van der Waals surface area contributed by atoms with Gasteiger partial charge in [0.1, 0.15) is 11.4 Å². The van der Waals surface area contributed by atoms with Crippen molar-refractivity contribution in [3.63, 3.8) is 0 Å². The molecule has 0 saturated carbocycles. The summed E-state index contributed by atoms with van der Waals surface area (Å²) < 4.78 is 13.1. The highest BCUT2D eigenvalue weighted by Crippen LogP contribution is 2.35. The van der Waals surface area contributed by atoms with Gasteiger partial charge in [-0.15, -0.1) is 0 Å². The van der Waals surface area contributed by atoms with Crippen LogP contribution in [0.5, 0.6) is 5.75 Å². The molecule has 1 fully saturated rings. The lowest BCUT2D eigenvalue weighted by molar-refractivity contribution is 0.0215. The monoisotopic (exact) mass is 273 g/mol. The zero-order chi connectivity index (χ0) is 14.3. The van der Waals surface area contributed by atoms with Gasteiger partial charge in [-0.25, -0.2) is 0 Å². The molecule has 106 valence electrons. The smallest absolute Gasteiger partial charge is 0.196 e. The van der Waals surface area contributed by atoms with Gasteiger partial charge in [0.25, 0.3) is 0 Å². The fraction of sp³-hybridized carbons (Fsp3) is 0.438. The van der Waals surface area contributed by atoms with Crippen LogP contribution in [0.15, 0.2) is 24.4 Å². The first-order valence-corrected chi connectivity index (χ1v) is 6.87. The summed E-state index contributed by atoms with van der Waals surface area (Å²) in [5.74, 6) is 0.776. The summed E-state index contributed by atoms with van der Waals surface area (Å²) in [5, 5.41) is 0.874. The summed E-state index contributed by atoms with van der Waals surface area (Å²) in [4.78, 5) is 12.9. The fourth-order valence-corrected chi connectivity index (χ4v) is 3.00.